The molecule has 0 bridgehead atoms. The van der Waals surface area contributed by atoms with Crippen molar-refractivity contribution in [2.45, 2.75) is 32.2 Å². The lowest BCUT2D eigenvalue weighted by Gasteiger charge is -2.34. The van der Waals surface area contributed by atoms with Crippen LogP contribution in [0, 0.1) is 5.92 Å². The molecule has 136 valence electrons. The fourth-order valence-electron chi connectivity index (χ4n) is 3.27. The molecule has 3 rings (SSSR count). The van der Waals surface area contributed by atoms with Crippen LogP contribution in [-0.2, 0) is 11.3 Å². The van der Waals surface area contributed by atoms with Crippen LogP contribution in [0.1, 0.15) is 41.2 Å². The van der Waals surface area contributed by atoms with Gasteiger partial charge in [0.05, 0.1) is 12.5 Å². The van der Waals surface area contributed by atoms with Gasteiger partial charge in [0.25, 0.3) is 0 Å². The van der Waals surface area contributed by atoms with Gasteiger partial charge < -0.3 is 20.2 Å². The Bertz CT molecular complexity index is 656. The highest BCUT2D eigenvalue weighted by Crippen LogP contribution is 2.20. The normalized spacial score (nSPS) is 20.6. The molecule has 2 aliphatic rings. The van der Waals surface area contributed by atoms with Crippen LogP contribution in [0.15, 0.2) is 5.38 Å². The lowest BCUT2D eigenvalue weighted by atomic mass is 9.97. The predicted octanol–water partition coefficient (Wildman–Crippen LogP) is 1.39. The van der Waals surface area contributed by atoms with Gasteiger partial charge in [0.1, 0.15) is 5.01 Å². The first-order chi connectivity index (χ1) is 12.0. The average molecular weight is 366 g/mol. The number of piperidine rings is 1. The van der Waals surface area contributed by atoms with Crippen molar-refractivity contribution in [2.24, 2.45) is 5.92 Å². The molecular weight excluding hydrogens is 344 g/mol. The number of thiazole rings is 1. The van der Waals surface area contributed by atoms with Crippen molar-refractivity contribution in [1.82, 2.24) is 20.1 Å². The summed E-state index contributed by atoms with van der Waals surface area (Å²) >= 11 is 1.21. The summed E-state index contributed by atoms with van der Waals surface area (Å²) in [5.41, 5.74) is -0.00528. The highest BCUT2D eigenvalue weighted by Gasteiger charge is 2.31. The molecule has 2 saturated heterocycles. The van der Waals surface area contributed by atoms with Gasteiger partial charge >= 0.3 is 12.0 Å². The number of aromatic nitrogens is 1. The van der Waals surface area contributed by atoms with Crippen LogP contribution in [0.3, 0.4) is 0 Å². The Morgan fingerprint density at radius 1 is 1.20 bits per heavy atom. The zero-order valence-electron chi connectivity index (χ0n) is 13.9. The average Bonchev–Trinajstić information content (AvgIpc) is 3.30. The second-order valence-corrected chi connectivity index (χ2v) is 7.35. The molecule has 3 heterocycles. The Labute approximate surface area is 149 Å². The number of likely N-dealkylation sites (tertiary alicyclic amines) is 2. The van der Waals surface area contributed by atoms with Gasteiger partial charge in [0.2, 0.25) is 5.91 Å². The van der Waals surface area contributed by atoms with E-state index in [9.17, 15) is 14.4 Å². The maximum absolute atomic E-state index is 12.5. The summed E-state index contributed by atoms with van der Waals surface area (Å²) in [6.45, 7) is 2.98. The van der Waals surface area contributed by atoms with Crippen molar-refractivity contribution in [3.05, 3.63) is 16.1 Å². The van der Waals surface area contributed by atoms with Gasteiger partial charge in [-0.3, -0.25) is 4.79 Å². The third-order valence-corrected chi connectivity index (χ3v) is 5.47. The lowest BCUT2D eigenvalue weighted by Crippen LogP contribution is -2.49. The number of aromatic carboxylic acids is 1. The van der Waals surface area contributed by atoms with Gasteiger partial charge in [-0.2, -0.15) is 0 Å². The van der Waals surface area contributed by atoms with Crippen LogP contribution in [0.4, 0.5) is 4.79 Å². The minimum absolute atomic E-state index is 0.00528. The van der Waals surface area contributed by atoms with Crippen LogP contribution >= 0.6 is 11.3 Å². The van der Waals surface area contributed by atoms with E-state index in [1.807, 2.05) is 4.90 Å². The number of urea groups is 1. The number of hydrogen-bond donors (Lipinski definition) is 2. The van der Waals surface area contributed by atoms with E-state index in [2.05, 4.69) is 10.3 Å². The van der Waals surface area contributed by atoms with Crippen LogP contribution in [0.2, 0.25) is 0 Å². The number of hydrogen-bond acceptors (Lipinski definition) is 5. The highest BCUT2D eigenvalue weighted by atomic mass is 32.1. The van der Waals surface area contributed by atoms with Crippen LogP contribution < -0.4 is 5.32 Å². The molecule has 2 aliphatic heterocycles. The third-order valence-electron chi connectivity index (χ3n) is 4.62. The Hall–Kier alpha value is -2.16. The minimum Gasteiger partial charge on any atom is -0.476 e. The summed E-state index contributed by atoms with van der Waals surface area (Å²) in [5, 5.41) is 13.7. The number of carbonyl (C=O) groups is 3. The van der Waals surface area contributed by atoms with E-state index < -0.39 is 5.97 Å². The molecule has 3 amide bonds. The van der Waals surface area contributed by atoms with Gasteiger partial charge in [0.15, 0.2) is 5.69 Å². The van der Waals surface area contributed by atoms with Gasteiger partial charge in [-0.15, -0.1) is 11.3 Å². The SMILES string of the molecule is O=C(O)c1csc(CNC(=O)C2CCCN(C(=O)N3CCCC3)C2)n1. The predicted molar refractivity (Wildman–Crippen MR) is 91.4 cm³/mol. The molecule has 9 heteroatoms. The summed E-state index contributed by atoms with van der Waals surface area (Å²) in [4.78, 5) is 43.3. The summed E-state index contributed by atoms with van der Waals surface area (Å²) in [5.74, 6) is -1.40. The van der Waals surface area contributed by atoms with E-state index >= 15 is 0 Å². The Balaban J connectivity index is 1.50. The fraction of sp³-hybridized carbons (Fsp3) is 0.625. The minimum atomic E-state index is -1.07. The molecule has 1 aromatic rings. The Kier molecular flexibility index (Phi) is 5.52. The summed E-state index contributed by atoms with van der Waals surface area (Å²) in [6.07, 6.45) is 3.68. The second-order valence-electron chi connectivity index (χ2n) is 6.41. The van der Waals surface area contributed by atoms with E-state index in [-0.39, 0.29) is 30.1 Å². The summed E-state index contributed by atoms with van der Waals surface area (Å²) in [7, 11) is 0. The smallest absolute Gasteiger partial charge is 0.355 e. The number of carboxylic acid groups (broad SMARTS) is 1. The zero-order valence-corrected chi connectivity index (χ0v) is 14.8. The van der Waals surface area contributed by atoms with Crippen molar-refractivity contribution >= 4 is 29.2 Å². The van der Waals surface area contributed by atoms with E-state index in [1.54, 1.807) is 4.90 Å². The van der Waals surface area contributed by atoms with Gasteiger partial charge in [-0.25, -0.2) is 14.6 Å². The molecule has 0 spiro atoms. The quantitative estimate of drug-likeness (QED) is 0.838. The topological polar surface area (TPSA) is 103 Å². The molecule has 8 nitrogen and oxygen atoms in total. The van der Waals surface area contributed by atoms with Gasteiger partial charge in [-0.1, -0.05) is 0 Å². The molecule has 0 aromatic carbocycles. The highest BCUT2D eigenvalue weighted by molar-refractivity contribution is 7.09. The number of carboxylic acids is 1. The lowest BCUT2D eigenvalue weighted by molar-refractivity contribution is -0.126. The maximum Gasteiger partial charge on any atom is 0.355 e. The first-order valence-electron chi connectivity index (χ1n) is 8.54. The zero-order chi connectivity index (χ0) is 17.8. The number of amides is 3. The Morgan fingerprint density at radius 2 is 1.92 bits per heavy atom. The largest absolute Gasteiger partial charge is 0.476 e. The van der Waals surface area contributed by atoms with Crippen molar-refractivity contribution in [3.8, 4) is 0 Å². The molecule has 1 unspecified atom stereocenters. The summed E-state index contributed by atoms with van der Waals surface area (Å²) < 4.78 is 0. The number of rotatable bonds is 4. The third kappa shape index (κ3) is 4.28. The molecule has 0 saturated carbocycles. The van der Waals surface area contributed by atoms with E-state index in [0.29, 0.717) is 18.1 Å². The number of carbonyl (C=O) groups excluding carboxylic acids is 2. The monoisotopic (exact) mass is 366 g/mol. The summed E-state index contributed by atoms with van der Waals surface area (Å²) in [6, 6.07) is 0.0426. The van der Waals surface area contributed by atoms with E-state index in [4.69, 9.17) is 5.11 Å². The van der Waals surface area contributed by atoms with Crippen molar-refractivity contribution < 1.29 is 19.5 Å². The standard InChI is InChI=1S/C16H22N4O4S/c21-14(17-8-13-18-12(10-25-13)15(22)23)11-4-3-7-20(9-11)16(24)19-5-1-2-6-19/h10-11H,1-9H2,(H,17,21)(H,22,23). The van der Waals surface area contributed by atoms with E-state index in [0.717, 1.165) is 38.8 Å². The number of nitrogens with one attached hydrogen (secondary N) is 1. The first-order valence-corrected chi connectivity index (χ1v) is 9.42. The second kappa shape index (κ2) is 7.81. The van der Waals surface area contributed by atoms with Crippen LogP contribution in [-0.4, -0.2) is 64.0 Å². The van der Waals surface area contributed by atoms with Gasteiger partial charge in [-0.05, 0) is 25.7 Å². The Morgan fingerprint density at radius 3 is 2.60 bits per heavy atom. The van der Waals surface area contributed by atoms with Crippen LogP contribution in [0.5, 0.6) is 0 Å². The van der Waals surface area contributed by atoms with Crippen LogP contribution in [0.25, 0.3) is 0 Å². The molecule has 0 aliphatic carbocycles. The molecule has 2 fully saturated rings. The molecule has 0 radical (unpaired) electrons. The van der Waals surface area contributed by atoms with Crippen molar-refractivity contribution in [3.63, 3.8) is 0 Å². The van der Waals surface area contributed by atoms with Crippen molar-refractivity contribution in [2.75, 3.05) is 26.2 Å². The maximum atomic E-state index is 12.5. The van der Waals surface area contributed by atoms with Crippen molar-refractivity contribution in [1.29, 1.82) is 0 Å². The molecule has 1 atom stereocenters. The fourth-order valence-corrected chi connectivity index (χ4v) is 3.98. The number of nitrogens with zero attached hydrogens (tertiary/aromatic N) is 3. The first kappa shape index (κ1) is 17.7. The van der Waals surface area contributed by atoms with E-state index in [1.165, 1.54) is 16.7 Å². The molecule has 2 N–H and O–H groups in total. The molecular formula is C16H22N4O4S. The molecule has 25 heavy (non-hydrogen) atoms. The molecule has 1 aromatic heterocycles. The van der Waals surface area contributed by atoms with Gasteiger partial charge in [0, 0.05) is 31.6 Å².